The third-order valence-electron chi connectivity index (χ3n) is 5.38. The first-order valence-corrected chi connectivity index (χ1v) is 11.4. The lowest BCUT2D eigenvalue weighted by Gasteiger charge is -2.17. The number of carbonyl (C=O) groups excluding carboxylic acids is 1. The summed E-state index contributed by atoms with van der Waals surface area (Å²) in [5.41, 5.74) is 1.46. The van der Waals surface area contributed by atoms with Crippen molar-refractivity contribution in [2.45, 2.75) is 30.7 Å². The fourth-order valence-corrected chi connectivity index (χ4v) is 5.16. The summed E-state index contributed by atoms with van der Waals surface area (Å²) in [5.74, 6) is 0.257. The van der Waals surface area contributed by atoms with Gasteiger partial charge in [0.25, 0.3) is 5.91 Å². The summed E-state index contributed by atoms with van der Waals surface area (Å²) in [6.07, 6.45) is 3.41. The van der Waals surface area contributed by atoms with Gasteiger partial charge in [-0.3, -0.25) is 4.79 Å². The highest BCUT2D eigenvalue weighted by atomic mass is 32.2. The SMILES string of the molecule is CC(c1ccccc1)n1nccc1NC(=O)c1ccc(S(=O)(=O)N2CCCC2)cc1. The van der Waals surface area contributed by atoms with Crippen molar-refractivity contribution in [3.8, 4) is 0 Å². The molecular formula is C22H24N4O3S. The van der Waals surface area contributed by atoms with E-state index in [0.29, 0.717) is 24.5 Å². The van der Waals surface area contributed by atoms with Crippen LogP contribution in [0.3, 0.4) is 0 Å². The molecule has 2 aromatic carbocycles. The van der Waals surface area contributed by atoms with Gasteiger partial charge < -0.3 is 5.32 Å². The number of aromatic nitrogens is 2. The van der Waals surface area contributed by atoms with E-state index in [1.165, 1.54) is 16.4 Å². The molecule has 2 heterocycles. The lowest BCUT2D eigenvalue weighted by molar-refractivity contribution is 0.102. The zero-order chi connectivity index (χ0) is 21.1. The van der Waals surface area contributed by atoms with Gasteiger partial charge in [0, 0.05) is 24.7 Å². The standard InChI is InChI=1S/C22H24N4O3S/c1-17(18-7-3-2-4-8-18)26-21(13-14-23-26)24-22(27)19-9-11-20(12-10-19)30(28,29)25-15-5-6-16-25/h2-4,7-14,17H,5-6,15-16H2,1H3,(H,24,27). The van der Waals surface area contributed by atoms with Gasteiger partial charge >= 0.3 is 0 Å². The molecular weight excluding hydrogens is 400 g/mol. The van der Waals surface area contributed by atoms with Crippen LogP contribution in [0.15, 0.2) is 71.8 Å². The van der Waals surface area contributed by atoms with Crippen LogP contribution in [0, 0.1) is 0 Å². The number of hydrogen-bond acceptors (Lipinski definition) is 4. The molecule has 30 heavy (non-hydrogen) atoms. The molecule has 7 nitrogen and oxygen atoms in total. The minimum absolute atomic E-state index is 0.0514. The van der Waals surface area contributed by atoms with Crippen molar-refractivity contribution < 1.29 is 13.2 Å². The summed E-state index contributed by atoms with van der Waals surface area (Å²) in [5, 5.41) is 7.22. The number of anilines is 1. The van der Waals surface area contributed by atoms with Gasteiger partial charge in [0.2, 0.25) is 10.0 Å². The molecule has 8 heteroatoms. The molecule has 156 valence electrons. The Morgan fingerprint density at radius 2 is 1.67 bits per heavy atom. The zero-order valence-corrected chi connectivity index (χ0v) is 17.5. The Kier molecular flexibility index (Phi) is 5.69. The first-order chi connectivity index (χ1) is 14.5. The second-order valence-corrected chi connectivity index (χ2v) is 9.28. The quantitative estimate of drug-likeness (QED) is 0.656. The third kappa shape index (κ3) is 4.01. The van der Waals surface area contributed by atoms with Gasteiger partial charge in [-0.1, -0.05) is 30.3 Å². The van der Waals surface area contributed by atoms with Crippen LogP contribution < -0.4 is 5.32 Å². The van der Waals surface area contributed by atoms with Crippen LogP contribution in [-0.4, -0.2) is 41.5 Å². The van der Waals surface area contributed by atoms with Gasteiger partial charge in [-0.05, 0) is 49.6 Å². The van der Waals surface area contributed by atoms with E-state index < -0.39 is 10.0 Å². The molecule has 1 aliphatic rings. The van der Waals surface area contributed by atoms with Crippen molar-refractivity contribution in [1.29, 1.82) is 0 Å². The van der Waals surface area contributed by atoms with Crippen LogP contribution in [0.2, 0.25) is 0 Å². The van der Waals surface area contributed by atoms with E-state index >= 15 is 0 Å². The zero-order valence-electron chi connectivity index (χ0n) is 16.7. The van der Waals surface area contributed by atoms with Gasteiger partial charge in [-0.2, -0.15) is 9.40 Å². The van der Waals surface area contributed by atoms with Crippen molar-refractivity contribution in [3.05, 3.63) is 78.0 Å². The predicted octanol–water partition coefficient (Wildman–Crippen LogP) is 3.53. The van der Waals surface area contributed by atoms with Crippen LogP contribution in [0.25, 0.3) is 0 Å². The van der Waals surface area contributed by atoms with Gasteiger partial charge in [-0.25, -0.2) is 13.1 Å². The Bertz CT molecular complexity index is 1120. The number of carbonyl (C=O) groups is 1. The first kappa shape index (κ1) is 20.3. The lowest BCUT2D eigenvalue weighted by Crippen LogP contribution is -2.27. The van der Waals surface area contributed by atoms with Crippen molar-refractivity contribution in [3.63, 3.8) is 0 Å². The van der Waals surface area contributed by atoms with E-state index in [1.807, 2.05) is 37.3 Å². The van der Waals surface area contributed by atoms with Crippen LogP contribution in [0.1, 0.15) is 41.7 Å². The summed E-state index contributed by atoms with van der Waals surface area (Å²) < 4.78 is 28.5. The topological polar surface area (TPSA) is 84.3 Å². The highest BCUT2D eigenvalue weighted by Gasteiger charge is 2.27. The molecule has 1 aromatic heterocycles. The summed E-state index contributed by atoms with van der Waals surface area (Å²) in [6.45, 7) is 3.11. The van der Waals surface area contributed by atoms with E-state index in [-0.39, 0.29) is 16.8 Å². The first-order valence-electron chi connectivity index (χ1n) is 9.97. The maximum absolute atomic E-state index is 12.7. The van der Waals surface area contributed by atoms with Crippen LogP contribution in [0.5, 0.6) is 0 Å². The van der Waals surface area contributed by atoms with Gasteiger partial charge in [0.1, 0.15) is 5.82 Å². The van der Waals surface area contributed by atoms with Crippen molar-refractivity contribution in [2.24, 2.45) is 0 Å². The second kappa shape index (κ2) is 8.41. The highest BCUT2D eigenvalue weighted by molar-refractivity contribution is 7.89. The van der Waals surface area contributed by atoms with E-state index in [0.717, 1.165) is 18.4 Å². The molecule has 0 spiro atoms. The fourth-order valence-electron chi connectivity index (χ4n) is 3.64. The normalized spacial score (nSPS) is 15.8. The second-order valence-electron chi connectivity index (χ2n) is 7.34. The van der Waals surface area contributed by atoms with Crippen LogP contribution in [-0.2, 0) is 10.0 Å². The molecule has 3 aromatic rings. The predicted molar refractivity (Wildman–Crippen MR) is 115 cm³/mol. The van der Waals surface area contributed by atoms with Gasteiger partial charge in [0.15, 0.2) is 0 Å². The Balaban J connectivity index is 1.50. The van der Waals surface area contributed by atoms with E-state index in [2.05, 4.69) is 10.4 Å². The average Bonchev–Trinajstić information content (AvgIpc) is 3.47. The molecule has 1 saturated heterocycles. The van der Waals surface area contributed by atoms with E-state index in [1.54, 1.807) is 29.1 Å². The largest absolute Gasteiger partial charge is 0.307 e. The monoisotopic (exact) mass is 424 g/mol. The minimum Gasteiger partial charge on any atom is -0.307 e. The highest BCUT2D eigenvalue weighted by Crippen LogP contribution is 2.23. The van der Waals surface area contributed by atoms with Gasteiger partial charge in [-0.15, -0.1) is 0 Å². The van der Waals surface area contributed by atoms with E-state index in [9.17, 15) is 13.2 Å². The van der Waals surface area contributed by atoms with Crippen LogP contribution in [0.4, 0.5) is 5.82 Å². The molecule has 0 radical (unpaired) electrons. The number of benzene rings is 2. The molecule has 0 bridgehead atoms. The third-order valence-corrected chi connectivity index (χ3v) is 7.29. The maximum atomic E-state index is 12.7. The molecule has 1 unspecified atom stereocenters. The van der Waals surface area contributed by atoms with Gasteiger partial charge in [0.05, 0.1) is 17.1 Å². The Labute approximate surface area is 176 Å². The number of rotatable bonds is 6. The van der Waals surface area contributed by atoms with Crippen molar-refractivity contribution >= 4 is 21.7 Å². The van der Waals surface area contributed by atoms with Crippen molar-refractivity contribution in [1.82, 2.24) is 14.1 Å². The summed E-state index contributed by atoms with van der Waals surface area (Å²) >= 11 is 0. The summed E-state index contributed by atoms with van der Waals surface area (Å²) in [7, 11) is -3.49. The minimum atomic E-state index is -3.49. The average molecular weight is 425 g/mol. The Hall–Kier alpha value is -2.97. The number of amides is 1. The Morgan fingerprint density at radius 1 is 1.00 bits per heavy atom. The fraction of sp³-hybridized carbons (Fsp3) is 0.273. The number of hydrogen-bond donors (Lipinski definition) is 1. The molecule has 1 atom stereocenters. The molecule has 4 rings (SSSR count). The number of sulfonamides is 1. The summed E-state index contributed by atoms with van der Waals surface area (Å²) in [4.78, 5) is 12.9. The number of nitrogens with zero attached hydrogens (tertiary/aromatic N) is 3. The molecule has 1 aliphatic heterocycles. The molecule has 1 amide bonds. The smallest absolute Gasteiger partial charge is 0.256 e. The molecule has 0 aliphatic carbocycles. The molecule has 0 saturated carbocycles. The van der Waals surface area contributed by atoms with Crippen molar-refractivity contribution in [2.75, 3.05) is 18.4 Å². The Morgan fingerprint density at radius 3 is 2.33 bits per heavy atom. The van der Waals surface area contributed by atoms with E-state index in [4.69, 9.17) is 0 Å². The lowest BCUT2D eigenvalue weighted by atomic mass is 10.1. The molecule has 1 fully saturated rings. The maximum Gasteiger partial charge on any atom is 0.256 e. The van der Waals surface area contributed by atoms with Crippen LogP contribution >= 0.6 is 0 Å². The molecule has 1 N–H and O–H groups in total. The summed E-state index contributed by atoms with van der Waals surface area (Å²) in [6, 6.07) is 17.7. The number of nitrogens with one attached hydrogen (secondary N) is 1.